The maximum Gasteiger partial charge on any atom is 0.310 e. The van der Waals surface area contributed by atoms with E-state index in [9.17, 15) is 4.79 Å². The van der Waals surface area contributed by atoms with Crippen LogP contribution in [-0.4, -0.2) is 45.2 Å². The molecule has 18 heavy (non-hydrogen) atoms. The molecule has 2 rings (SSSR count). The maximum absolute atomic E-state index is 11.8. The van der Waals surface area contributed by atoms with E-state index in [0.29, 0.717) is 0 Å². The summed E-state index contributed by atoms with van der Waals surface area (Å²) in [6.07, 6.45) is 0. The number of hydrogen-bond donors (Lipinski definition) is 0. The monoisotopic (exact) mass is 249 g/mol. The van der Waals surface area contributed by atoms with Crippen molar-refractivity contribution in [2.75, 3.05) is 34.4 Å². The first-order valence-corrected chi connectivity index (χ1v) is 6.06. The van der Waals surface area contributed by atoms with Gasteiger partial charge < -0.3 is 14.4 Å². The van der Waals surface area contributed by atoms with Crippen LogP contribution in [0.1, 0.15) is 11.5 Å². The predicted molar refractivity (Wildman–Crippen MR) is 68.7 cm³/mol. The number of rotatable bonds is 3. The number of likely N-dealkylation sites (N-methyl/N-ethyl adjacent to an activating group) is 1. The van der Waals surface area contributed by atoms with Crippen molar-refractivity contribution in [3.63, 3.8) is 0 Å². The Morgan fingerprint density at radius 3 is 2.78 bits per heavy atom. The molecule has 4 heteroatoms. The summed E-state index contributed by atoms with van der Waals surface area (Å²) in [5.74, 6) is 0.780. The highest BCUT2D eigenvalue weighted by Gasteiger charge is 2.37. The molecule has 1 aliphatic rings. The Morgan fingerprint density at radius 2 is 2.11 bits per heavy atom. The molecule has 0 aromatic heterocycles. The van der Waals surface area contributed by atoms with Gasteiger partial charge in [0.1, 0.15) is 5.75 Å². The molecule has 4 nitrogen and oxygen atoms in total. The second kappa shape index (κ2) is 5.40. The minimum atomic E-state index is -0.132. The Balaban J connectivity index is 2.26. The van der Waals surface area contributed by atoms with Gasteiger partial charge in [-0.3, -0.25) is 4.79 Å². The van der Waals surface area contributed by atoms with Crippen LogP contribution in [0.5, 0.6) is 5.75 Å². The molecule has 0 N–H and O–H groups in total. The number of esters is 1. The zero-order valence-corrected chi connectivity index (χ0v) is 11.1. The van der Waals surface area contributed by atoms with Crippen LogP contribution in [0.2, 0.25) is 0 Å². The predicted octanol–water partition coefficient (Wildman–Crippen LogP) is 1.51. The molecule has 2 atom stereocenters. The first kappa shape index (κ1) is 12.9. The third-order valence-corrected chi connectivity index (χ3v) is 3.53. The second-order valence-electron chi connectivity index (χ2n) is 4.73. The Labute approximate surface area is 107 Å². The Hall–Kier alpha value is -1.55. The van der Waals surface area contributed by atoms with Crippen molar-refractivity contribution in [3.8, 4) is 5.75 Å². The average molecular weight is 249 g/mol. The van der Waals surface area contributed by atoms with Crippen LogP contribution >= 0.6 is 0 Å². The van der Waals surface area contributed by atoms with Gasteiger partial charge in [0.15, 0.2) is 0 Å². The van der Waals surface area contributed by atoms with Crippen molar-refractivity contribution in [3.05, 3.63) is 29.8 Å². The number of ether oxygens (including phenoxy) is 2. The number of carbonyl (C=O) groups excluding carboxylic acids is 1. The van der Waals surface area contributed by atoms with E-state index < -0.39 is 0 Å². The first-order valence-electron chi connectivity index (χ1n) is 6.06. The van der Waals surface area contributed by atoms with E-state index in [4.69, 9.17) is 9.47 Å². The van der Waals surface area contributed by atoms with Gasteiger partial charge in [-0.15, -0.1) is 0 Å². The molecule has 0 amide bonds. The standard InChI is InChI=1S/C14H19NO3/c1-15-8-12(13(9-15)14(16)18-3)10-5-4-6-11(7-10)17-2/h4-7,12-13H,8-9H2,1-3H3. The zero-order chi connectivity index (χ0) is 13.1. The quantitative estimate of drug-likeness (QED) is 0.761. The number of likely N-dealkylation sites (tertiary alicyclic amines) is 1. The summed E-state index contributed by atoms with van der Waals surface area (Å²) < 4.78 is 10.1. The van der Waals surface area contributed by atoms with Gasteiger partial charge in [0, 0.05) is 19.0 Å². The van der Waals surface area contributed by atoms with E-state index in [1.807, 2.05) is 31.3 Å². The SMILES string of the molecule is COC(=O)C1CN(C)CC1c1cccc(OC)c1. The fraction of sp³-hybridized carbons (Fsp3) is 0.500. The molecule has 2 unspecified atom stereocenters. The summed E-state index contributed by atoms with van der Waals surface area (Å²) in [7, 11) is 5.12. The number of methoxy groups -OCH3 is 2. The van der Waals surface area contributed by atoms with Crippen LogP contribution in [0.3, 0.4) is 0 Å². The van der Waals surface area contributed by atoms with Crippen LogP contribution < -0.4 is 4.74 Å². The molecule has 1 fully saturated rings. The topological polar surface area (TPSA) is 38.8 Å². The van der Waals surface area contributed by atoms with E-state index >= 15 is 0 Å². The summed E-state index contributed by atoms with van der Waals surface area (Å²) in [5.41, 5.74) is 1.13. The van der Waals surface area contributed by atoms with Gasteiger partial charge in [-0.2, -0.15) is 0 Å². The van der Waals surface area contributed by atoms with Gasteiger partial charge in [-0.05, 0) is 24.7 Å². The highest BCUT2D eigenvalue weighted by Crippen LogP contribution is 2.34. The highest BCUT2D eigenvalue weighted by molar-refractivity contribution is 5.74. The molecular weight excluding hydrogens is 230 g/mol. The number of hydrogen-bond acceptors (Lipinski definition) is 4. The molecule has 1 aliphatic heterocycles. The second-order valence-corrected chi connectivity index (χ2v) is 4.73. The van der Waals surface area contributed by atoms with E-state index in [0.717, 1.165) is 24.4 Å². The average Bonchev–Trinajstić information content (AvgIpc) is 2.80. The van der Waals surface area contributed by atoms with Gasteiger partial charge in [0.05, 0.1) is 20.1 Å². The fourth-order valence-corrected chi connectivity index (χ4v) is 2.60. The Morgan fingerprint density at radius 1 is 1.33 bits per heavy atom. The van der Waals surface area contributed by atoms with Gasteiger partial charge in [-0.25, -0.2) is 0 Å². The molecule has 0 saturated carbocycles. The van der Waals surface area contributed by atoms with E-state index in [1.165, 1.54) is 7.11 Å². The van der Waals surface area contributed by atoms with Crippen LogP contribution in [0.25, 0.3) is 0 Å². The van der Waals surface area contributed by atoms with Crippen molar-refractivity contribution in [2.45, 2.75) is 5.92 Å². The third kappa shape index (κ3) is 2.48. The number of benzene rings is 1. The van der Waals surface area contributed by atoms with Crippen LogP contribution in [0, 0.1) is 5.92 Å². The minimum Gasteiger partial charge on any atom is -0.497 e. The molecule has 98 valence electrons. The molecule has 0 radical (unpaired) electrons. The minimum absolute atomic E-state index is 0.0906. The summed E-state index contributed by atoms with van der Waals surface area (Å²) in [6.45, 7) is 1.61. The lowest BCUT2D eigenvalue weighted by Crippen LogP contribution is -2.23. The van der Waals surface area contributed by atoms with Crippen molar-refractivity contribution in [1.82, 2.24) is 4.90 Å². The lowest BCUT2D eigenvalue weighted by Gasteiger charge is -2.17. The molecule has 0 spiro atoms. The third-order valence-electron chi connectivity index (χ3n) is 3.53. The molecule has 1 saturated heterocycles. The Bertz CT molecular complexity index is 433. The van der Waals surface area contributed by atoms with Crippen molar-refractivity contribution >= 4 is 5.97 Å². The highest BCUT2D eigenvalue weighted by atomic mass is 16.5. The summed E-state index contributed by atoms with van der Waals surface area (Å²) in [6, 6.07) is 7.91. The van der Waals surface area contributed by atoms with Crippen LogP contribution in [0.4, 0.5) is 0 Å². The van der Waals surface area contributed by atoms with Gasteiger partial charge in [0.2, 0.25) is 0 Å². The molecular formula is C14H19NO3. The number of carbonyl (C=O) groups is 1. The van der Waals surface area contributed by atoms with Crippen molar-refractivity contribution in [1.29, 1.82) is 0 Å². The maximum atomic E-state index is 11.8. The largest absolute Gasteiger partial charge is 0.497 e. The van der Waals surface area contributed by atoms with E-state index in [2.05, 4.69) is 4.90 Å². The normalized spacial score (nSPS) is 23.9. The first-order chi connectivity index (χ1) is 8.65. The Kier molecular flexibility index (Phi) is 3.87. The van der Waals surface area contributed by atoms with E-state index in [1.54, 1.807) is 7.11 Å². The zero-order valence-electron chi connectivity index (χ0n) is 11.1. The van der Waals surface area contributed by atoms with Crippen molar-refractivity contribution in [2.24, 2.45) is 5.92 Å². The van der Waals surface area contributed by atoms with Gasteiger partial charge >= 0.3 is 5.97 Å². The summed E-state index contributed by atoms with van der Waals surface area (Å²) in [4.78, 5) is 14.0. The molecule has 0 bridgehead atoms. The molecule has 1 heterocycles. The van der Waals surface area contributed by atoms with Crippen LogP contribution in [0.15, 0.2) is 24.3 Å². The van der Waals surface area contributed by atoms with Gasteiger partial charge in [-0.1, -0.05) is 12.1 Å². The fourth-order valence-electron chi connectivity index (χ4n) is 2.60. The lowest BCUT2D eigenvalue weighted by molar-refractivity contribution is -0.145. The summed E-state index contributed by atoms with van der Waals surface area (Å²) >= 11 is 0. The lowest BCUT2D eigenvalue weighted by atomic mass is 9.89. The molecule has 1 aromatic rings. The van der Waals surface area contributed by atoms with Crippen molar-refractivity contribution < 1.29 is 14.3 Å². The van der Waals surface area contributed by atoms with Crippen LogP contribution in [-0.2, 0) is 9.53 Å². The summed E-state index contributed by atoms with van der Waals surface area (Å²) in [5, 5.41) is 0. The van der Waals surface area contributed by atoms with Gasteiger partial charge in [0.25, 0.3) is 0 Å². The smallest absolute Gasteiger partial charge is 0.310 e. The van der Waals surface area contributed by atoms with E-state index in [-0.39, 0.29) is 17.8 Å². The number of nitrogens with zero attached hydrogens (tertiary/aromatic N) is 1. The molecule has 1 aromatic carbocycles. The molecule has 0 aliphatic carbocycles.